The Labute approximate surface area is 181 Å². The summed E-state index contributed by atoms with van der Waals surface area (Å²) in [6.45, 7) is 5.71. The van der Waals surface area contributed by atoms with Gasteiger partial charge in [0.1, 0.15) is 11.4 Å². The Morgan fingerprint density at radius 2 is 1.97 bits per heavy atom. The minimum absolute atomic E-state index is 0.177. The van der Waals surface area contributed by atoms with E-state index in [-0.39, 0.29) is 11.8 Å². The SMILES string of the molecule is CC(C)CC(=O)N1CCC2(CC1)O[C@@H](C(=O)Nc1ccc(Cl)cc1)Cn1ccnc12. The number of piperidine rings is 1. The summed E-state index contributed by atoms with van der Waals surface area (Å²) in [4.78, 5) is 31.8. The summed E-state index contributed by atoms with van der Waals surface area (Å²) in [5.74, 6) is 1.15. The number of anilines is 1. The lowest BCUT2D eigenvalue weighted by Crippen LogP contribution is -2.54. The lowest BCUT2D eigenvalue weighted by molar-refractivity contribution is -0.172. The topological polar surface area (TPSA) is 76.5 Å². The van der Waals surface area contributed by atoms with Gasteiger partial charge in [0.05, 0.1) is 6.54 Å². The first kappa shape index (κ1) is 20.9. The molecule has 3 heterocycles. The van der Waals surface area contributed by atoms with Crippen molar-refractivity contribution in [2.24, 2.45) is 5.92 Å². The van der Waals surface area contributed by atoms with Crippen molar-refractivity contribution in [3.05, 3.63) is 47.5 Å². The first-order valence-electron chi connectivity index (χ1n) is 10.4. The van der Waals surface area contributed by atoms with E-state index < -0.39 is 11.7 Å². The van der Waals surface area contributed by atoms with E-state index in [9.17, 15) is 9.59 Å². The van der Waals surface area contributed by atoms with Gasteiger partial charge in [-0.1, -0.05) is 25.4 Å². The van der Waals surface area contributed by atoms with Crippen LogP contribution in [0.1, 0.15) is 38.9 Å². The molecular formula is C22H27ClN4O3. The molecule has 0 bridgehead atoms. The molecule has 1 N–H and O–H groups in total. The van der Waals surface area contributed by atoms with Gasteiger partial charge >= 0.3 is 0 Å². The number of likely N-dealkylation sites (tertiary alicyclic amines) is 1. The number of hydrogen-bond donors (Lipinski definition) is 1. The number of halogens is 1. The van der Waals surface area contributed by atoms with E-state index in [1.54, 1.807) is 30.5 Å². The molecule has 0 saturated carbocycles. The third-order valence-corrected chi connectivity index (χ3v) is 6.02. The van der Waals surface area contributed by atoms with Crippen molar-refractivity contribution in [1.82, 2.24) is 14.5 Å². The molecule has 7 nitrogen and oxygen atoms in total. The largest absolute Gasteiger partial charge is 0.352 e. The number of rotatable bonds is 4. The number of imidazole rings is 1. The van der Waals surface area contributed by atoms with E-state index >= 15 is 0 Å². The van der Waals surface area contributed by atoms with E-state index in [1.807, 2.05) is 29.5 Å². The van der Waals surface area contributed by atoms with Crippen LogP contribution in [0.25, 0.3) is 0 Å². The maximum atomic E-state index is 12.9. The number of nitrogens with one attached hydrogen (secondary N) is 1. The van der Waals surface area contributed by atoms with Gasteiger partial charge in [0.15, 0.2) is 6.10 Å². The summed E-state index contributed by atoms with van der Waals surface area (Å²) in [5, 5.41) is 3.53. The molecule has 1 aromatic carbocycles. The van der Waals surface area contributed by atoms with Gasteiger partial charge in [-0.15, -0.1) is 0 Å². The number of carbonyl (C=O) groups is 2. The second-order valence-corrected chi connectivity index (χ2v) is 8.92. The van der Waals surface area contributed by atoms with Crippen molar-refractivity contribution in [2.75, 3.05) is 18.4 Å². The van der Waals surface area contributed by atoms with Crippen molar-refractivity contribution in [1.29, 1.82) is 0 Å². The Balaban J connectivity index is 1.48. The van der Waals surface area contributed by atoms with E-state index in [1.165, 1.54) is 0 Å². The van der Waals surface area contributed by atoms with Crippen molar-refractivity contribution in [3.63, 3.8) is 0 Å². The normalized spacial score (nSPS) is 20.3. The number of ether oxygens (including phenoxy) is 1. The Kier molecular flexibility index (Phi) is 5.84. The molecule has 160 valence electrons. The van der Waals surface area contributed by atoms with E-state index in [4.69, 9.17) is 16.3 Å². The number of amides is 2. The number of hydrogen-bond acceptors (Lipinski definition) is 4. The maximum Gasteiger partial charge on any atom is 0.255 e. The van der Waals surface area contributed by atoms with Crippen LogP contribution in [0.4, 0.5) is 5.69 Å². The molecule has 2 aliphatic rings. The average molecular weight is 431 g/mol. The molecule has 1 spiro atoms. The highest BCUT2D eigenvalue weighted by Gasteiger charge is 2.47. The molecule has 2 aromatic rings. The van der Waals surface area contributed by atoms with Crippen molar-refractivity contribution in [3.8, 4) is 0 Å². The van der Waals surface area contributed by atoms with Crippen LogP contribution in [-0.4, -0.2) is 45.5 Å². The fourth-order valence-corrected chi connectivity index (χ4v) is 4.35. The van der Waals surface area contributed by atoms with Crippen molar-refractivity contribution < 1.29 is 14.3 Å². The monoisotopic (exact) mass is 430 g/mol. The van der Waals surface area contributed by atoms with Gasteiger partial charge in [-0.2, -0.15) is 0 Å². The summed E-state index contributed by atoms with van der Waals surface area (Å²) in [7, 11) is 0. The third-order valence-electron chi connectivity index (χ3n) is 5.76. The molecule has 1 aromatic heterocycles. The van der Waals surface area contributed by atoms with Crippen LogP contribution in [0.5, 0.6) is 0 Å². The second-order valence-electron chi connectivity index (χ2n) is 8.48. The Morgan fingerprint density at radius 3 is 2.63 bits per heavy atom. The predicted octanol–water partition coefficient (Wildman–Crippen LogP) is 3.44. The van der Waals surface area contributed by atoms with E-state index in [0.717, 1.165) is 5.82 Å². The number of fused-ring (bicyclic) bond motifs is 2. The van der Waals surface area contributed by atoms with Crippen LogP contribution in [0, 0.1) is 5.92 Å². The Bertz CT molecular complexity index is 917. The molecule has 2 amide bonds. The average Bonchev–Trinajstić information content (AvgIpc) is 3.19. The van der Waals surface area contributed by atoms with Crippen LogP contribution in [0.3, 0.4) is 0 Å². The molecule has 0 unspecified atom stereocenters. The highest BCUT2D eigenvalue weighted by molar-refractivity contribution is 6.30. The smallest absolute Gasteiger partial charge is 0.255 e. The molecule has 1 saturated heterocycles. The van der Waals surface area contributed by atoms with Gasteiger partial charge in [0.25, 0.3) is 5.91 Å². The maximum absolute atomic E-state index is 12.9. The van der Waals surface area contributed by atoms with Gasteiger partial charge in [-0.25, -0.2) is 4.98 Å². The number of benzene rings is 1. The van der Waals surface area contributed by atoms with Gasteiger partial charge in [-0.05, 0) is 30.2 Å². The Morgan fingerprint density at radius 1 is 1.27 bits per heavy atom. The molecule has 1 atom stereocenters. The number of aromatic nitrogens is 2. The second kappa shape index (κ2) is 8.40. The lowest BCUT2D eigenvalue weighted by atomic mass is 9.88. The predicted molar refractivity (Wildman–Crippen MR) is 114 cm³/mol. The number of nitrogens with zero attached hydrogens (tertiary/aromatic N) is 3. The first-order valence-corrected chi connectivity index (χ1v) is 10.8. The molecule has 1 fully saturated rings. The van der Waals surface area contributed by atoms with Crippen LogP contribution < -0.4 is 5.32 Å². The van der Waals surface area contributed by atoms with E-state index in [2.05, 4.69) is 10.3 Å². The summed E-state index contributed by atoms with van der Waals surface area (Å²) < 4.78 is 8.41. The minimum atomic E-state index is -0.654. The van der Waals surface area contributed by atoms with Crippen LogP contribution in [-0.2, 0) is 26.5 Å². The minimum Gasteiger partial charge on any atom is -0.352 e. The molecule has 0 radical (unpaired) electrons. The molecule has 8 heteroatoms. The molecule has 0 aliphatic carbocycles. The van der Waals surface area contributed by atoms with Gasteiger partial charge in [-0.3, -0.25) is 9.59 Å². The zero-order chi connectivity index (χ0) is 21.3. The fourth-order valence-electron chi connectivity index (χ4n) is 4.23. The summed E-state index contributed by atoms with van der Waals surface area (Å²) in [5.41, 5.74) is 0.0193. The molecule has 2 aliphatic heterocycles. The zero-order valence-electron chi connectivity index (χ0n) is 17.3. The molecule has 4 rings (SSSR count). The van der Waals surface area contributed by atoms with Gasteiger partial charge < -0.3 is 19.5 Å². The number of carbonyl (C=O) groups excluding carboxylic acids is 2. The van der Waals surface area contributed by atoms with Crippen molar-refractivity contribution >= 4 is 29.1 Å². The molecular weight excluding hydrogens is 404 g/mol. The van der Waals surface area contributed by atoms with Gasteiger partial charge in [0.2, 0.25) is 5.91 Å². The summed E-state index contributed by atoms with van der Waals surface area (Å²) in [6.07, 6.45) is 4.79. The van der Waals surface area contributed by atoms with Crippen molar-refractivity contribution in [2.45, 2.75) is 51.4 Å². The first-order chi connectivity index (χ1) is 14.4. The summed E-state index contributed by atoms with van der Waals surface area (Å²) in [6, 6.07) is 7.00. The highest BCUT2D eigenvalue weighted by atomic mass is 35.5. The van der Waals surface area contributed by atoms with E-state index in [0.29, 0.717) is 55.5 Å². The molecule has 30 heavy (non-hydrogen) atoms. The lowest BCUT2D eigenvalue weighted by Gasteiger charge is -2.45. The zero-order valence-corrected chi connectivity index (χ0v) is 18.1. The van der Waals surface area contributed by atoms with Crippen LogP contribution in [0.2, 0.25) is 5.02 Å². The van der Waals surface area contributed by atoms with Crippen LogP contribution >= 0.6 is 11.6 Å². The highest BCUT2D eigenvalue weighted by Crippen LogP contribution is 2.40. The third kappa shape index (κ3) is 4.23. The fraction of sp³-hybridized carbons (Fsp3) is 0.500. The summed E-state index contributed by atoms with van der Waals surface area (Å²) >= 11 is 5.92. The van der Waals surface area contributed by atoms with Gasteiger partial charge in [0, 0.05) is 55.5 Å². The standard InChI is InChI=1S/C22H27ClN4O3/c1-15(2)13-19(28)26-10-7-22(8-11-26)21-24-9-12-27(21)14-18(30-22)20(29)25-17-5-3-16(23)4-6-17/h3-6,9,12,15,18H,7-8,10-11,13-14H2,1-2H3,(H,25,29)/t18-/m1/s1. The van der Waals surface area contributed by atoms with Crippen LogP contribution in [0.15, 0.2) is 36.7 Å². The quantitative estimate of drug-likeness (QED) is 0.806. The Hall–Kier alpha value is -2.38.